The Hall–Kier alpha value is -1.58. The maximum atomic E-state index is 11.5. The number of aryl methyl sites for hydroxylation is 1. The average molecular weight is 289 g/mol. The Morgan fingerprint density at radius 3 is 2.67 bits per heavy atom. The summed E-state index contributed by atoms with van der Waals surface area (Å²) in [6.07, 6.45) is 5.06. The Labute approximate surface area is 125 Å². The molecule has 3 atom stereocenters. The van der Waals surface area contributed by atoms with Crippen LogP contribution in [0.2, 0.25) is 0 Å². The highest BCUT2D eigenvalue weighted by atomic mass is 16.5. The van der Waals surface area contributed by atoms with Gasteiger partial charge in [0.15, 0.2) is 0 Å². The molecule has 4 heteroatoms. The first kappa shape index (κ1) is 14.4. The maximum absolute atomic E-state index is 11.5. The van der Waals surface area contributed by atoms with E-state index in [2.05, 4.69) is 25.8 Å². The van der Waals surface area contributed by atoms with Crippen LogP contribution in [0.5, 0.6) is 5.88 Å². The van der Waals surface area contributed by atoms with Crippen LogP contribution in [0, 0.1) is 23.7 Å². The van der Waals surface area contributed by atoms with Gasteiger partial charge in [-0.1, -0.05) is 20.8 Å². The minimum Gasteiger partial charge on any atom is -0.477 e. The molecule has 2 aliphatic carbocycles. The second-order valence-corrected chi connectivity index (χ2v) is 7.33. The first-order valence-corrected chi connectivity index (χ1v) is 7.63. The van der Waals surface area contributed by atoms with Crippen molar-refractivity contribution in [2.75, 3.05) is 0 Å². The molecule has 1 aromatic rings. The second kappa shape index (κ2) is 4.46. The highest BCUT2D eigenvalue weighted by Gasteiger charge is 2.62. The predicted octanol–water partition coefficient (Wildman–Crippen LogP) is 3.68. The molecular weight excluding hydrogens is 266 g/mol. The van der Waals surface area contributed by atoms with Crippen molar-refractivity contribution >= 4 is 5.97 Å². The number of rotatable bonds is 3. The van der Waals surface area contributed by atoms with Crippen LogP contribution < -0.4 is 4.74 Å². The fourth-order valence-corrected chi connectivity index (χ4v) is 4.33. The van der Waals surface area contributed by atoms with Gasteiger partial charge in [-0.2, -0.15) is 0 Å². The molecule has 0 aliphatic heterocycles. The molecule has 0 spiro atoms. The van der Waals surface area contributed by atoms with E-state index in [1.54, 1.807) is 19.2 Å². The summed E-state index contributed by atoms with van der Waals surface area (Å²) in [5, 5.41) is 9.40. The van der Waals surface area contributed by atoms with E-state index in [9.17, 15) is 9.90 Å². The standard InChI is InChI=1S/C17H23NO3/c1-10-6-8-18-14(13(10)15(19)20)21-12-9-11-5-7-17(12,4)16(11,2)3/h6,8,11-12H,5,7,9H2,1-4H3,(H,19,20). The fraction of sp³-hybridized carbons (Fsp3) is 0.647. The Kier molecular flexibility index (Phi) is 3.05. The summed E-state index contributed by atoms with van der Waals surface area (Å²) in [4.78, 5) is 15.6. The highest BCUT2D eigenvalue weighted by molar-refractivity contribution is 5.91. The largest absolute Gasteiger partial charge is 0.477 e. The van der Waals surface area contributed by atoms with Crippen LogP contribution in [-0.4, -0.2) is 22.2 Å². The van der Waals surface area contributed by atoms with Crippen molar-refractivity contribution in [3.63, 3.8) is 0 Å². The van der Waals surface area contributed by atoms with Gasteiger partial charge in [0, 0.05) is 11.6 Å². The molecule has 2 saturated carbocycles. The summed E-state index contributed by atoms with van der Waals surface area (Å²) < 4.78 is 6.13. The van der Waals surface area contributed by atoms with E-state index in [1.807, 2.05) is 0 Å². The summed E-state index contributed by atoms with van der Waals surface area (Å²) in [5.74, 6) is -0.0363. The summed E-state index contributed by atoms with van der Waals surface area (Å²) in [7, 11) is 0. The fourth-order valence-electron chi connectivity index (χ4n) is 4.33. The second-order valence-electron chi connectivity index (χ2n) is 7.33. The molecule has 4 nitrogen and oxygen atoms in total. The molecule has 3 unspecified atom stereocenters. The van der Waals surface area contributed by atoms with Gasteiger partial charge in [0.2, 0.25) is 5.88 Å². The summed E-state index contributed by atoms with van der Waals surface area (Å²) in [5.41, 5.74) is 1.23. The van der Waals surface area contributed by atoms with Gasteiger partial charge in [-0.15, -0.1) is 0 Å². The SMILES string of the molecule is Cc1ccnc(OC2CC3CCC2(C)C3(C)C)c1C(=O)O. The van der Waals surface area contributed by atoms with E-state index >= 15 is 0 Å². The van der Waals surface area contributed by atoms with Crippen LogP contribution in [0.15, 0.2) is 12.3 Å². The smallest absolute Gasteiger partial charge is 0.341 e. The van der Waals surface area contributed by atoms with Crippen molar-refractivity contribution in [1.82, 2.24) is 4.98 Å². The normalized spacial score (nSPS) is 33.1. The summed E-state index contributed by atoms with van der Waals surface area (Å²) >= 11 is 0. The van der Waals surface area contributed by atoms with Gasteiger partial charge in [-0.25, -0.2) is 9.78 Å². The van der Waals surface area contributed by atoms with Crippen LogP contribution in [0.3, 0.4) is 0 Å². The molecular formula is C17H23NO3. The molecule has 1 N–H and O–H groups in total. The number of hydrogen-bond acceptors (Lipinski definition) is 3. The molecule has 2 bridgehead atoms. The van der Waals surface area contributed by atoms with Gasteiger partial charge in [0.05, 0.1) is 0 Å². The number of carboxylic acids is 1. The number of ether oxygens (including phenoxy) is 1. The molecule has 3 rings (SSSR count). The van der Waals surface area contributed by atoms with Gasteiger partial charge < -0.3 is 9.84 Å². The van der Waals surface area contributed by atoms with E-state index in [0.717, 1.165) is 12.8 Å². The van der Waals surface area contributed by atoms with Gasteiger partial charge >= 0.3 is 5.97 Å². The average Bonchev–Trinajstić information content (AvgIpc) is 2.71. The lowest BCUT2D eigenvalue weighted by atomic mass is 9.70. The Bertz CT molecular complexity index is 596. The Morgan fingerprint density at radius 1 is 1.43 bits per heavy atom. The lowest BCUT2D eigenvalue weighted by molar-refractivity contribution is 0.0259. The molecule has 0 saturated heterocycles. The molecule has 0 radical (unpaired) electrons. The number of hydrogen-bond donors (Lipinski definition) is 1. The van der Waals surface area contributed by atoms with E-state index in [1.165, 1.54) is 6.42 Å². The van der Waals surface area contributed by atoms with Crippen molar-refractivity contribution in [2.45, 2.75) is 53.1 Å². The van der Waals surface area contributed by atoms with E-state index in [0.29, 0.717) is 11.5 Å². The monoisotopic (exact) mass is 289 g/mol. The lowest BCUT2D eigenvalue weighted by Gasteiger charge is -2.38. The van der Waals surface area contributed by atoms with Crippen LogP contribution in [0.25, 0.3) is 0 Å². The molecule has 1 heterocycles. The summed E-state index contributed by atoms with van der Waals surface area (Å²) in [6.45, 7) is 8.69. The van der Waals surface area contributed by atoms with Gasteiger partial charge in [-0.05, 0) is 49.1 Å². The van der Waals surface area contributed by atoms with Crippen molar-refractivity contribution in [3.05, 3.63) is 23.4 Å². The van der Waals surface area contributed by atoms with Crippen LogP contribution in [0.4, 0.5) is 0 Å². The minimum atomic E-state index is -0.969. The first-order valence-electron chi connectivity index (χ1n) is 7.63. The maximum Gasteiger partial charge on any atom is 0.341 e. The predicted molar refractivity (Wildman–Crippen MR) is 79.6 cm³/mol. The molecule has 21 heavy (non-hydrogen) atoms. The number of carbonyl (C=O) groups is 1. The molecule has 2 fully saturated rings. The van der Waals surface area contributed by atoms with Crippen molar-refractivity contribution < 1.29 is 14.6 Å². The van der Waals surface area contributed by atoms with Crippen LogP contribution in [0.1, 0.15) is 56.0 Å². The van der Waals surface area contributed by atoms with Gasteiger partial charge in [0.1, 0.15) is 11.7 Å². The Morgan fingerprint density at radius 2 is 2.14 bits per heavy atom. The van der Waals surface area contributed by atoms with Crippen molar-refractivity contribution in [1.29, 1.82) is 0 Å². The number of fused-ring (bicyclic) bond motifs is 2. The Balaban J connectivity index is 1.93. The molecule has 114 valence electrons. The first-order chi connectivity index (χ1) is 9.77. The van der Waals surface area contributed by atoms with Crippen molar-refractivity contribution in [3.8, 4) is 5.88 Å². The zero-order valence-electron chi connectivity index (χ0n) is 13.1. The third-order valence-corrected chi connectivity index (χ3v) is 6.31. The minimum absolute atomic E-state index is 0.0543. The molecule has 2 aliphatic rings. The lowest BCUT2D eigenvalue weighted by Crippen LogP contribution is -2.39. The number of pyridine rings is 1. The number of aromatic carboxylic acids is 1. The third-order valence-electron chi connectivity index (χ3n) is 6.31. The third kappa shape index (κ3) is 1.88. The number of carboxylic acid groups (broad SMARTS) is 1. The van der Waals surface area contributed by atoms with Crippen molar-refractivity contribution in [2.24, 2.45) is 16.7 Å². The van der Waals surface area contributed by atoms with E-state index in [4.69, 9.17) is 4.74 Å². The van der Waals surface area contributed by atoms with Gasteiger partial charge in [0.25, 0.3) is 0 Å². The van der Waals surface area contributed by atoms with Crippen LogP contribution >= 0.6 is 0 Å². The summed E-state index contributed by atoms with van der Waals surface area (Å²) in [6, 6.07) is 1.71. The topological polar surface area (TPSA) is 59.4 Å². The number of nitrogens with zero attached hydrogens (tertiary/aromatic N) is 1. The quantitative estimate of drug-likeness (QED) is 0.922. The number of aromatic nitrogens is 1. The molecule has 0 aromatic carbocycles. The van der Waals surface area contributed by atoms with E-state index < -0.39 is 5.97 Å². The van der Waals surface area contributed by atoms with E-state index in [-0.39, 0.29) is 28.4 Å². The molecule has 0 amide bonds. The highest BCUT2D eigenvalue weighted by Crippen LogP contribution is 2.66. The van der Waals surface area contributed by atoms with Gasteiger partial charge in [-0.3, -0.25) is 0 Å². The molecule has 1 aromatic heterocycles. The van der Waals surface area contributed by atoms with Crippen LogP contribution in [-0.2, 0) is 0 Å². The zero-order chi connectivity index (χ0) is 15.4. The zero-order valence-corrected chi connectivity index (χ0v) is 13.1.